The van der Waals surface area contributed by atoms with Gasteiger partial charge in [-0.25, -0.2) is 9.59 Å². The van der Waals surface area contributed by atoms with Gasteiger partial charge in [0.1, 0.15) is 17.6 Å². The molecule has 244 valence electrons. The molecule has 0 aliphatic carbocycles. The number of rotatable bonds is 15. The minimum Gasteiger partial charge on any atom is -0.463 e. The number of hydrogen-bond donors (Lipinski definition) is 0. The maximum atomic E-state index is 15.0. The molecule has 0 saturated carbocycles. The van der Waals surface area contributed by atoms with Crippen LogP contribution in [0.5, 0.6) is 11.5 Å². The van der Waals surface area contributed by atoms with Crippen molar-refractivity contribution in [2.75, 3.05) is 6.61 Å². The fourth-order valence-corrected chi connectivity index (χ4v) is 4.10. The lowest BCUT2D eigenvalue weighted by atomic mass is 10.0. The van der Waals surface area contributed by atoms with Gasteiger partial charge in [0.2, 0.25) is 0 Å². The van der Waals surface area contributed by atoms with Gasteiger partial charge >= 0.3 is 24.2 Å². The fourth-order valence-electron chi connectivity index (χ4n) is 4.10. The predicted octanol–water partition coefficient (Wildman–Crippen LogP) is 8.30. The molecule has 0 fully saturated rings. The molecule has 1 unspecified atom stereocenters. The Morgan fingerprint density at radius 2 is 1.49 bits per heavy atom. The van der Waals surface area contributed by atoms with Crippen molar-refractivity contribution >= 4 is 11.9 Å². The highest BCUT2D eigenvalue weighted by Crippen LogP contribution is 2.37. The molecular formula is C37H32F4O6. The smallest absolute Gasteiger partial charge is 0.426 e. The van der Waals surface area contributed by atoms with Crippen molar-refractivity contribution in [2.45, 2.75) is 50.9 Å². The molecule has 6 nitrogen and oxygen atoms in total. The van der Waals surface area contributed by atoms with Crippen LogP contribution in [-0.4, -0.2) is 18.5 Å². The molecule has 1 atom stereocenters. The Balaban J connectivity index is 1.63. The van der Waals surface area contributed by atoms with Crippen LogP contribution < -0.4 is 9.47 Å². The van der Waals surface area contributed by atoms with E-state index in [1.807, 2.05) is 0 Å². The second kappa shape index (κ2) is 16.7. The zero-order valence-electron chi connectivity index (χ0n) is 25.6. The average Bonchev–Trinajstić information content (AvgIpc) is 3.05. The Labute approximate surface area is 271 Å². The zero-order valence-corrected chi connectivity index (χ0v) is 25.6. The Morgan fingerprint density at radius 3 is 2.09 bits per heavy atom. The Bertz CT molecular complexity index is 1660. The highest BCUT2D eigenvalue weighted by atomic mass is 19.3. The van der Waals surface area contributed by atoms with Gasteiger partial charge in [-0.1, -0.05) is 37.1 Å². The summed E-state index contributed by atoms with van der Waals surface area (Å²) in [6.07, 6.45) is 0.610. The topological polar surface area (TPSA) is 71.1 Å². The monoisotopic (exact) mass is 648 g/mol. The summed E-state index contributed by atoms with van der Waals surface area (Å²) in [6, 6.07) is 13.6. The highest BCUT2D eigenvalue weighted by Gasteiger charge is 2.37. The Morgan fingerprint density at radius 1 is 0.872 bits per heavy atom. The van der Waals surface area contributed by atoms with Gasteiger partial charge in [-0.3, -0.25) is 0 Å². The van der Waals surface area contributed by atoms with Crippen molar-refractivity contribution < 1.29 is 46.1 Å². The normalized spacial score (nSPS) is 11.6. The van der Waals surface area contributed by atoms with E-state index < -0.39 is 41.4 Å². The summed E-state index contributed by atoms with van der Waals surface area (Å²) in [7, 11) is 0. The zero-order chi connectivity index (χ0) is 34.5. The molecule has 0 aliphatic rings. The molecule has 3 rings (SSSR count). The first-order valence-electron chi connectivity index (χ1n) is 14.4. The van der Waals surface area contributed by atoms with Gasteiger partial charge in [0.25, 0.3) is 0 Å². The number of terminal acetylenes is 1. The van der Waals surface area contributed by atoms with Crippen LogP contribution >= 0.6 is 0 Å². The minimum absolute atomic E-state index is 0.134. The molecule has 3 aromatic carbocycles. The first-order chi connectivity index (χ1) is 22.4. The molecule has 0 heterocycles. The van der Waals surface area contributed by atoms with Gasteiger partial charge < -0.3 is 18.9 Å². The lowest BCUT2D eigenvalue weighted by molar-refractivity contribution is -0.188. The van der Waals surface area contributed by atoms with E-state index in [0.717, 1.165) is 42.5 Å². The van der Waals surface area contributed by atoms with E-state index in [1.165, 1.54) is 43.3 Å². The summed E-state index contributed by atoms with van der Waals surface area (Å²) in [4.78, 5) is 22.7. The SMILES string of the molecule is C#CCCC(OC(=O)C=C)c1ccc(C(F)(F)Oc2ccc(OC(F)(F)c3ccc(C#CCCCOC(=O)C=C)cc3)c(C)c2)cc1. The van der Waals surface area contributed by atoms with Crippen LogP contribution in [-0.2, 0) is 31.3 Å². The van der Waals surface area contributed by atoms with Crippen molar-refractivity contribution in [3.05, 3.63) is 120 Å². The summed E-state index contributed by atoms with van der Waals surface area (Å²) in [5.74, 6) is 6.46. The summed E-state index contributed by atoms with van der Waals surface area (Å²) < 4.78 is 80.1. The van der Waals surface area contributed by atoms with Crippen LogP contribution in [0.3, 0.4) is 0 Å². The van der Waals surface area contributed by atoms with Crippen LogP contribution in [0.1, 0.15) is 59.6 Å². The van der Waals surface area contributed by atoms with Gasteiger partial charge in [-0.2, -0.15) is 17.6 Å². The summed E-state index contributed by atoms with van der Waals surface area (Å²) in [5, 5.41) is 0. The largest absolute Gasteiger partial charge is 0.463 e. The molecule has 0 radical (unpaired) electrons. The predicted molar refractivity (Wildman–Crippen MR) is 167 cm³/mol. The van der Waals surface area contributed by atoms with Crippen molar-refractivity contribution in [3.63, 3.8) is 0 Å². The van der Waals surface area contributed by atoms with Crippen LogP contribution in [0.25, 0.3) is 0 Å². The second-order valence-corrected chi connectivity index (χ2v) is 10.0. The van der Waals surface area contributed by atoms with Gasteiger partial charge in [0.15, 0.2) is 0 Å². The van der Waals surface area contributed by atoms with Gasteiger partial charge in [0.05, 0.1) is 17.7 Å². The summed E-state index contributed by atoms with van der Waals surface area (Å²) >= 11 is 0. The number of halogens is 4. The Kier molecular flexibility index (Phi) is 12.8. The first kappa shape index (κ1) is 36.0. The number of unbranched alkanes of at least 4 members (excludes halogenated alkanes) is 1. The second-order valence-electron chi connectivity index (χ2n) is 10.0. The lowest BCUT2D eigenvalue weighted by Crippen LogP contribution is -2.23. The maximum Gasteiger partial charge on any atom is 0.426 e. The number of ether oxygens (including phenoxy) is 4. The van der Waals surface area contributed by atoms with E-state index in [0.29, 0.717) is 30.4 Å². The molecule has 0 spiro atoms. The highest BCUT2D eigenvalue weighted by molar-refractivity contribution is 5.81. The Hall–Kier alpha value is -5.48. The van der Waals surface area contributed by atoms with E-state index in [9.17, 15) is 18.4 Å². The van der Waals surface area contributed by atoms with Crippen molar-refractivity contribution in [1.82, 2.24) is 0 Å². The molecule has 0 aromatic heterocycles. The van der Waals surface area contributed by atoms with Crippen molar-refractivity contribution in [3.8, 4) is 35.7 Å². The fraction of sp³-hybridized carbons (Fsp3) is 0.243. The summed E-state index contributed by atoms with van der Waals surface area (Å²) in [6.45, 7) is 8.26. The molecule has 10 heteroatoms. The van der Waals surface area contributed by atoms with Crippen LogP contribution in [0, 0.1) is 31.1 Å². The maximum absolute atomic E-state index is 15.0. The summed E-state index contributed by atoms with van der Waals surface area (Å²) in [5.41, 5.74) is 0.167. The van der Waals surface area contributed by atoms with Crippen molar-refractivity contribution in [1.29, 1.82) is 0 Å². The molecule has 0 bridgehead atoms. The molecular weight excluding hydrogens is 616 g/mol. The van der Waals surface area contributed by atoms with Crippen LogP contribution in [0.15, 0.2) is 92.0 Å². The molecule has 47 heavy (non-hydrogen) atoms. The van der Waals surface area contributed by atoms with E-state index in [-0.39, 0.29) is 30.1 Å². The van der Waals surface area contributed by atoms with Gasteiger partial charge in [0, 0.05) is 30.6 Å². The molecule has 3 aromatic rings. The number of carbonyl (C=O) groups is 2. The number of aryl methyl sites for hydroxylation is 1. The molecule has 0 amide bonds. The number of alkyl halides is 4. The van der Waals surface area contributed by atoms with E-state index in [1.54, 1.807) is 0 Å². The molecule has 0 aliphatic heterocycles. The molecule has 0 N–H and O–H groups in total. The molecule has 0 saturated heterocycles. The van der Waals surface area contributed by atoms with E-state index in [2.05, 4.69) is 30.9 Å². The van der Waals surface area contributed by atoms with Gasteiger partial charge in [-0.05, 0) is 85.5 Å². The lowest BCUT2D eigenvalue weighted by Gasteiger charge is -2.22. The van der Waals surface area contributed by atoms with Crippen LogP contribution in [0.4, 0.5) is 17.6 Å². The standard InChI is InChI=1S/C37H32F4O6/c1-5-8-13-33(45-35(43)7-3)28-16-20-30(21-17-28)36(38,39)46-31-22-23-32(26(4)25-31)47-37(40,41)29-18-14-27(15-19-29)12-10-9-11-24-44-34(42)6-2/h1,6-7,14-23,25,33H,2-3,8-9,11,13,24H2,4H3. The first-order valence-corrected chi connectivity index (χ1v) is 14.4. The number of carbonyl (C=O) groups excluding carboxylic acids is 2. The average molecular weight is 649 g/mol. The van der Waals surface area contributed by atoms with Crippen LogP contribution in [0.2, 0.25) is 0 Å². The quantitative estimate of drug-likeness (QED) is 0.0543. The third-order valence-electron chi connectivity index (χ3n) is 6.54. The van der Waals surface area contributed by atoms with Gasteiger partial charge in [-0.15, -0.1) is 12.3 Å². The van der Waals surface area contributed by atoms with Crippen molar-refractivity contribution in [2.24, 2.45) is 0 Å². The minimum atomic E-state index is -3.79. The number of hydrogen-bond acceptors (Lipinski definition) is 6. The van der Waals surface area contributed by atoms with E-state index in [4.69, 9.17) is 25.4 Å². The van der Waals surface area contributed by atoms with E-state index >= 15 is 8.78 Å². The third-order valence-corrected chi connectivity index (χ3v) is 6.54. The third kappa shape index (κ3) is 10.8. The number of esters is 2. The number of benzene rings is 3.